The number of H-pyrrole nitrogens is 2. The standard InChI is InChI=1S/C80H118N4O4/c1-5-9-13-17-21-25-29-33-37-41-57-85-75-49-45-47-71(79(75)87-59-43-39-35-31-27-23-19-15-11-7-3)77-73-63-69-55-53-67(82-69)61-65-51-52-66(81-65)62-68-54-56-70(83-68)64-74(84-73)78(77)72-48-46-50-76(86-58-42-38-34-30-26-22-18-14-10-6-2)80(72)88-60-44-40-36-32-28-24-20-16-12-8-4/h45-56,61-64,81,84H,5-44,57-60H2,1-4H3. The normalized spacial score (nSPS) is 12.0. The molecule has 8 bridgehead atoms. The van der Waals surface area contributed by atoms with E-state index >= 15 is 0 Å². The van der Waals surface area contributed by atoms with Crippen molar-refractivity contribution in [3.8, 4) is 45.3 Å². The van der Waals surface area contributed by atoms with Crippen LogP contribution in [0.3, 0.4) is 0 Å². The predicted molar refractivity (Wildman–Crippen MR) is 379 cm³/mol. The molecular formula is C80H118N4O4. The Morgan fingerprint density at radius 1 is 0.284 bits per heavy atom. The van der Waals surface area contributed by atoms with E-state index < -0.39 is 0 Å². The van der Waals surface area contributed by atoms with E-state index in [0.717, 1.165) is 141 Å². The van der Waals surface area contributed by atoms with Crippen molar-refractivity contribution >= 4 is 46.4 Å². The first-order valence-electron chi connectivity index (χ1n) is 36.5. The minimum atomic E-state index is 0.607. The van der Waals surface area contributed by atoms with Crippen molar-refractivity contribution in [1.82, 2.24) is 19.9 Å². The number of hydrogen-bond acceptors (Lipinski definition) is 6. The summed E-state index contributed by atoms with van der Waals surface area (Å²) in [5, 5.41) is 0. The Labute approximate surface area is 534 Å². The summed E-state index contributed by atoms with van der Waals surface area (Å²) in [5.74, 6) is 3.16. The number of hydrogen-bond donors (Lipinski definition) is 2. The van der Waals surface area contributed by atoms with E-state index in [-0.39, 0.29) is 0 Å². The van der Waals surface area contributed by atoms with Crippen LogP contribution in [0.15, 0.2) is 72.8 Å². The summed E-state index contributed by atoms with van der Waals surface area (Å²) in [6.07, 6.45) is 59.4. The van der Waals surface area contributed by atoms with E-state index in [1.165, 1.54) is 205 Å². The fraction of sp³-hybridized carbons (Fsp3) is 0.600. The van der Waals surface area contributed by atoms with Crippen LogP contribution in [0.1, 0.15) is 307 Å². The van der Waals surface area contributed by atoms with Crippen LogP contribution in [-0.4, -0.2) is 46.4 Å². The smallest absolute Gasteiger partial charge is 0.169 e. The predicted octanol–water partition coefficient (Wildman–Crippen LogP) is 25.2. The lowest BCUT2D eigenvalue weighted by Gasteiger charge is -2.20. The van der Waals surface area contributed by atoms with Crippen molar-refractivity contribution in [1.29, 1.82) is 0 Å². The van der Waals surface area contributed by atoms with Gasteiger partial charge >= 0.3 is 0 Å². The van der Waals surface area contributed by atoms with Gasteiger partial charge in [0.1, 0.15) is 0 Å². The Balaban J connectivity index is 1.28. The molecule has 2 N–H and O–H groups in total. The molecule has 3 aromatic heterocycles. The lowest BCUT2D eigenvalue weighted by atomic mass is 9.94. The largest absolute Gasteiger partial charge is 0.490 e. The molecule has 0 radical (unpaired) electrons. The minimum Gasteiger partial charge on any atom is -0.490 e. The average Bonchev–Trinajstić information content (AvgIpc) is 1.96. The van der Waals surface area contributed by atoms with Crippen molar-refractivity contribution in [2.24, 2.45) is 0 Å². The second kappa shape index (κ2) is 43.0. The number of aromatic amines is 2. The number of para-hydroxylation sites is 2. The molecule has 0 aliphatic carbocycles. The number of aromatic nitrogens is 4. The van der Waals surface area contributed by atoms with Crippen molar-refractivity contribution in [2.45, 2.75) is 285 Å². The highest BCUT2D eigenvalue weighted by Gasteiger charge is 2.26. The molecule has 0 spiro atoms. The van der Waals surface area contributed by atoms with Gasteiger partial charge in [-0.15, -0.1) is 0 Å². The number of nitrogens with zero attached hydrogens (tertiary/aromatic N) is 2. The van der Waals surface area contributed by atoms with Crippen LogP contribution in [-0.2, 0) is 0 Å². The molecule has 2 aliphatic heterocycles. The van der Waals surface area contributed by atoms with Gasteiger partial charge in [-0.1, -0.05) is 283 Å². The van der Waals surface area contributed by atoms with Gasteiger partial charge in [0.15, 0.2) is 23.0 Å². The molecule has 2 aliphatic rings. The third-order valence-corrected chi connectivity index (χ3v) is 17.8. The van der Waals surface area contributed by atoms with Crippen LogP contribution in [0.25, 0.3) is 68.6 Å². The summed E-state index contributed by atoms with van der Waals surface area (Å²) in [6.45, 7) is 11.7. The number of benzene rings is 2. The second-order valence-corrected chi connectivity index (χ2v) is 25.6. The second-order valence-electron chi connectivity index (χ2n) is 25.6. The van der Waals surface area contributed by atoms with Gasteiger partial charge < -0.3 is 28.9 Å². The van der Waals surface area contributed by atoms with Gasteiger partial charge in [0, 0.05) is 44.3 Å². The first-order valence-corrected chi connectivity index (χ1v) is 36.5. The lowest BCUT2D eigenvalue weighted by molar-refractivity contribution is 0.259. The summed E-state index contributed by atoms with van der Waals surface area (Å²) in [4.78, 5) is 18.0. The molecule has 8 nitrogen and oxygen atoms in total. The molecule has 0 fully saturated rings. The van der Waals surface area contributed by atoms with E-state index in [0.29, 0.717) is 26.4 Å². The summed E-state index contributed by atoms with van der Waals surface area (Å²) in [5.41, 5.74) is 11.3. The molecule has 0 saturated heterocycles. The van der Waals surface area contributed by atoms with Crippen molar-refractivity contribution < 1.29 is 18.9 Å². The highest BCUT2D eigenvalue weighted by atomic mass is 16.5. The molecule has 0 atom stereocenters. The van der Waals surface area contributed by atoms with Crippen molar-refractivity contribution in [2.75, 3.05) is 26.4 Å². The van der Waals surface area contributed by atoms with E-state index in [2.05, 4.69) is 135 Å². The van der Waals surface area contributed by atoms with Gasteiger partial charge in [0.25, 0.3) is 0 Å². The lowest BCUT2D eigenvalue weighted by Crippen LogP contribution is -2.05. The van der Waals surface area contributed by atoms with Crippen LogP contribution >= 0.6 is 0 Å². The third kappa shape index (κ3) is 25.3. The molecule has 5 aromatic rings. The van der Waals surface area contributed by atoms with E-state index in [9.17, 15) is 0 Å². The van der Waals surface area contributed by atoms with E-state index in [1.54, 1.807) is 0 Å². The van der Waals surface area contributed by atoms with Crippen LogP contribution in [0, 0.1) is 0 Å². The van der Waals surface area contributed by atoms with Gasteiger partial charge in [0.05, 0.1) is 49.2 Å². The summed E-state index contributed by atoms with van der Waals surface area (Å²) >= 11 is 0. The van der Waals surface area contributed by atoms with E-state index in [1.807, 2.05) is 0 Å². The number of fused-ring (bicyclic) bond motifs is 8. The van der Waals surface area contributed by atoms with Gasteiger partial charge in [-0.2, -0.15) is 0 Å². The molecule has 0 saturated carbocycles. The highest BCUT2D eigenvalue weighted by Crippen LogP contribution is 2.50. The number of unbranched alkanes of at least 4 members (excludes halogenated alkanes) is 36. The fourth-order valence-electron chi connectivity index (χ4n) is 12.7. The van der Waals surface area contributed by atoms with Crippen LogP contribution in [0.5, 0.6) is 23.0 Å². The summed E-state index contributed by atoms with van der Waals surface area (Å²) < 4.78 is 28.3. The third-order valence-electron chi connectivity index (χ3n) is 17.8. The fourth-order valence-corrected chi connectivity index (χ4v) is 12.7. The maximum absolute atomic E-state index is 7.20. The molecule has 8 heteroatoms. The van der Waals surface area contributed by atoms with Crippen LogP contribution in [0.2, 0.25) is 0 Å². The molecule has 5 heterocycles. The van der Waals surface area contributed by atoms with E-state index in [4.69, 9.17) is 28.9 Å². The topological polar surface area (TPSA) is 94.3 Å². The highest BCUT2D eigenvalue weighted by molar-refractivity contribution is 6.06. The number of rotatable bonds is 50. The molecule has 7 rings (SSSR count). The Morgan fingerprint density at radius 2 is 0.557 bits per heavy atom. The van der Waals surface area contributed by atoms with Gasteiger partial charge in [-0.3, -0.25) is 0 Å². The molecular weight excluding hydrogens is 1080 g/mol. The molecule has 0 amide bonds. The number of ether oxygens (including phenoxy) is 4. The molecule has 2 aromatic carbocycles. The zero-order valence-corrected chi connectivity index (χ0v) is 55.9. The Morgan fingerprint density at radius 3 is 0.864 bits per heavy atom. The quantitative estimate of drug-likeness (QED) is 0.0369. The maximum Gasteiger partial charge on any atom is 0.169 e. The number of nitrogens with one attached hydrogen (secondary N) is 2. The molecule has 88 heavy (non-hydrogen) atoms. The molecule has 0 unspecified atom stereocenters. The SMILES string of the molecule is CCCCCCCCCCCCOc1cccc(-c2c(-c3cccc(OCCCCCCCCCCCC)c3OCCCCCCCCCCCC)c3cc4nc(cc5ccc(cc6nc(cc2[nH]3)C=C6)[nH]5)C=C4)c1OCCCCCCCCCCCC. The van der Waals surface area contributed by atoms with Crippen LogP contribution < -0.4 is 18.9 Å². The molecule has 482 valence electrons. The van der Waals surface area contributed by atoms with Crippen LogP contribution in [0.4, 0.5) is 0 Å². The summed E-state index contributed by atoms with van der Waals surface area (Å²) in [7, 11) is 0. The average molecular weight is 1200 g/mol. The Kier molecular flexibility index (Phi) is 34.1. The Bertz CT molecular complexity index is 2740. The maximum atomic E-state index is 7.20. The monoisotopic (exact) mass is 1200 g/mol. The van der Waals surface area contributed by atoms with Gasteiger partial charge in [0.2, 0.25) is 0 Å². The summed E-state index contributed by atoms with van der Waals surface area (Å²) in [6, 6.07) is 25.9. The van der Waals surface area contributed by atoms with Crippen molar-refractivity contribution in [3.05, 3.63) is 95.6 Å². The minimum absolute atomic E-state index is 0.607. The van der Waals surface area contributed by atoms with Crippen molar-refractivity contribution in [3.63, 3.8) is 0 Å². The van der Waals surface area contributed by atoms with Gasteiger partial charge in [-0.25, -0.2) is 9.97 Å². The first kappa shape index (κ1) is 69.7. The van der Waals surface area contributed by atoms with Gasteiger partial charge in [-0.05, 0) is 98.5 Å². The Hall–Kier alpha value is -5.76. The zero-order chi connectivity index (χ0) is 61.3. The first-order chi connectivity index (χ1) is 43.6. The zero-order valence-electron chi connectivity index (χ0n) is 55.9.